The second kappa shape index (κ2) is 6.58. The highest BCUT2D eigenvalue weighted by Gasteiger charge is 2.02. The van der Waals surface area contributed by atoms with Crippen LogP contribution in [0.5, 0.6) is 0 Å². The van der Waals surface area contributed by atoms with Crippen molar-refractivity contribution in [3.63, 3.8) is 0 Å². The van der Waals surface area contributed by atoms with Gasteiger partial charge in [-0.1, -0.05) is 11.6 Å². The van der Waals surface area contributed by atoms with Crippen LogP contribution in [0, 0.1) is 5.82 Å². The van der Waals surface area contributed by atoms with E-state index in [1.165, 1.54) is 12.3 Å². The van der Waals surface area contributed by atoms with Crippen LogP contribution in [0.25, 0.3) is 0 Å². The number of pyridine rings is 1. The second-order valence-electron chi connectivity index (χ2n) is 2.96. The molecule has 0 saturated carbocycles. The summed E-state index contributed by atoms with van der Waals surface area (Å²) >= 11 is 5.57. The standard InChI is InChI=1S/C10H14ClFN2O/c1-2-15-5-3-4-13-10-9(12)6-8(11)7-14-10/h6-7H,2-5H2,1H3,(H,13,14). The van der Waals surface area contributed by atoms with E-state index in [-0.39, 0.29) is 5.82 Å². The Kier molecular flexibility index (Phi) is 5.36. The molecule has 0 saturated heterocycles. The quantitative estimate of drug-likeness (QED) is 0.766. The van der Waals surface area contributed by atoms with Crippen molar-refractivity contribution in [1.29, 1.82) is 0 Å². The molecule has 0 spiro atoms. The lowest BCUT2D eigenvalue weighted by Crippen LogP contribution is -2.08. The molecule has 15 heavy (non-hydrogen) atoms. The fourth-order valence-corrected chi connectivity index (χ4v) is 1.21. The number of ether oxygens (including phenoxy) is 1. The highest BCUT2D eigenvalue weighted by molar-refractivity contribution is 6.30. The molecule has 0 fully saturated rings. The Balaban J connectivity index is 2.31. The molecule has 5 heteroatoms. The Morgan fingerprint density at radius 2 is 2.40 bits per heavy atom. The van der Waals surface area contributed by atoms with Crippen LogP contribution >= 0.6 is 11.6 Å². The monoisotopic (exact) mass is 232 g/mol. The summed E-state index contributed by atoms with van der Waals surface area (Å²) < 4.78 is 18.3. The predicted molar refractivity (Wildman–Crippen MR) is 58.8 cm³/mol. The zero-order valence-electron chi connectivity index (χ0n) is 8.59. The molecule has 1 aromatic rings. The molecule has 0 amide bonds. The smallest absolute Gasteiger partial charge is 0.166 e. The van der Waals surface area contributed by atoms with Crippen LogP contribution in [-0.4, -0.2) is 24.7 Å². The van der Waals surface area contributed by atoms with E-state index in [9.17, 15) is 4.39 Å². The molecule has 0 aromatic carbocycles. The number of rotatable bonds is 6. The number of nitrogens with one attached hydrogen (secondary N) is 1. The third-order valence-electron chi connectivity index (χ3n) is 1.77. The van der Waals surface area contributed by atoms with Gasteiger partial charge in [0.15, 0.2) is 11.6 Å². The maximum Gasteiger partial charge on any atom is 0.166 e. The average Bonchev–Trinajstić information content (AvgIpc) is 2.20. The van der Waals surface area contributed by atoms with Crippen molar-refractivity contribution in [2.75, 3.05) is 25.1 Å². The van der Waals surface area contributed by atoms with Crippen LogP contribution in [0.1, 0.15) is 13.3 Å². The van der Waals surface area contributed by atoms with Crippen molar-refractivity contribution in [3.05, 3.63) is 23.1 Å². The largest absolute Gasteiger partial charge is 0.382 e. The molecule has 1 aromatic heterocycles. The first-order valence-corrected chi connectivity index (χ1v) is 5.24. The molecule has 0 atom stereocenters. The van der Waals surface area contributed by atoms with E-state index in [0.717, 1.165) is 6.42 Å². The van der Waals surface area contributed by atoms with E-state index >= 15 is 0 Å². The molecule has 0 aliphatic carbocycles. The Hall–Kier alpha value is -0.870. The third kappa shape index (κ3) is 4.44. The van der Waals surface area contributed by atoms with Crippen molar-refractivity contribution in [3.8, 4) is 0 Å². The van der Waals surface area contributed by atoms with Gasteiger partial charge < -0.3 is 10.1 Å². The first-order chi connectivity index (χ1) is 7.24. The Labute approximate surface area is 93.6 Å². The lowest BCUT2D eigenvalue weighted by molar-refractivity contribution is 0.147. The normalized spacial score (nSPS) is 10.3. The molecule has 1 rings (SSSR count). The molecule has 0 unspecified atom stereocenters. The number of anilines is 1. The first kappa shape index (κ1) is 12.2. The molecule has 0 aliphatic rings. The van der Waals surface area contributed by atoms with Crippen LogP contribution in [0.3, 0.4) is 0 Å². The maximum atomic E-state index is 13.2. The zero-order valence-corrected chi connectivity index (χ0v) is 9.35. The van der Waals surface area contributed by atoms with Crippen LogP contribution in [-0.2, 0) is 4.74 Å². The Morgan fingerprint density at radius 3 is 3.07 bits per heavy atom. The molecule has 84 valence electrons. The minimum Gasteiger partial charge on any atom is -0.382 e. The summed E-state index contributed by atoms with van der Waals surface area (Å²) in [7, 11) is 0. The number of aromatic nitrogens is 1. The summed E-state index contributed by atoms with van der Waals surface area (Å²) in [4.78, 5) is 3.84. The van der Waals surface area contributed by atoms with Crippen molar-refractivity contribution in [2.24, 2.45) is 0 Å². The molecule has 3 nitrogen and oxygen atoms in total. The Morgan fingerprint density at radius 1 is 1.60 bits per heavy atom. The van der Waals surface area contributed by atoms with E-state index in [1.54, 1.807) is 0 Å². The number of hydrogen-bond donors (Lipinski definition) is 1. The molecular weight excluding hydrogens is 219 g/mol. The number of hydrogen-bond acceptors (Lipinski definition) is 3. The minimum atomic E-state index is -0.432. The summed E-state index contributed by atoms with van der Waals surface area (Å²) in [6.45, 7) is 3.94. The second-order valence-corrected chi connectivity index (χ2v) is 3.40. The van der Waals surface area contributed by atoms with Gasteiger partial charge in [-0.3, -0.25) is 0 Å². The topological polar surface area (TPSA) is 34.1 Å². The van der Waals surface area contributed by atoms with E-state index in [0.29, 0.717) is 24.8 Å². The summed E-state index contributed by atoms with van der Waals surface area (Å²) in [5, 5.41) is 3.17. The van der Waals surface area contributed by atoms with Gasteiger partial charge in [0.25, 0.3) is 0 Å². The lowest BCUT2D eigenvalue weighted by Gasteiger charge is -2.06. The predicted octanol–water partition coefficient (Wildman–Crippen LogP) is 2.71. The average molecular weight is 233 g/mol. The van der Waals surface area contributed by atoms with E-state index in [1.807, 2.05) is 6.92 Å². The Bertz CT molecular complexity index is 309. The van der Waals surface area contributed by atoms with Crippen LogP contribution in [0.4, 0.5) is 10.2 Å². The fourth-order valence-electron chi connectivity index (χ4n) is 1.07. The third-order valence-corrected chi connectivity index (χ3v) is 1.98. The van der Waals surface area contributed by atoms with Crippen LogP contribution < -0.4 is 5.32 Å². The molecule has 0 aliphatic heterocycles. The van der Waals surface area contributed by atoms with Gasteiger partial charge in [0, 0.05) is 26.0 Å². The summed E-state index contributed by atoms with van der Waals surface area (Å²) in [6.07, 6.45) is 2.23. The van der Waals surface area contributed by atoms with Crippen molar-refractivity contribution < 1.29 is 9.13 Å². The molecule has 1 heterocycles. The first-order valence-electron chi connectivity index (χ1n) is 4.86. The van der Waals surface area contributed by atoms with Gasteiger partial charge in [-0.05, 0) is 19.4 Å². The summed E-state index contributed by atoms with van der Waals surface area (Å²) in [5.41, 5.74) is 0. The minimum absolute atomic E-state index is 0.232. The van der Waals surface area contributed by atoms with E-state index < -0.39 is 5.82 Å². The molecule has 1 N–H and O–H groups in total. The van der Waals surface area contributed by atoms with E-state index in [4.69, 9.17) is 16.3 Å². The zero-order chi connectivity index (χ0) is 11.1. The summed E-state index contributed by atoms with van der Waals surface area (Å²) in [5.74, 6) is -0.199. The number of halogens is 2. The molecular formula is C10H14ClFN2O. The van der Waals surface area contributed by atoms with Gasteiger partial charge in [0.2, 0.25) is 0 Å². The van der Waals surface area contributed by atoms with Gasteiger partial charge in [-0.2, -0.15) is 0 Å². The van der Waals surface area contributed by atoms with Gasteiger partial charge >= 0.3 is 0 Å². The highest BCUT2D eigenvalue weighted by atomic mass is 35.5. The number of nitrogens with zero attached hydrogens (tertiary/aromatic N) is 1. The van der Waals surface area contributed by atoms with Crippen LogP contribution in [0.2, 0.25) is 5.02 Å². The SMILES string of the molecule is CCOCCCNc1ncc(Cl)cc1F. The summed E-state index contributed by atoms with van der Waals surface area (Å²) in [6, 6.07) is 1.24. The highest BCUT2D eigenvalue weighted by Crippen LogP contribution is 2.15. The van der Waals surface area contributed by atoms with Crippen molar-refractivity contribution in [2.45, 2.75) is 13.3 Å². The van der Waals surface area contributed by atoms with Crippen LogP contribution in [0.15, 0.2) is 12.3 Å². The van der Waals surface area contributed by atoms with Crippen molar-refractivity contribution in [1.82, 2.24) is 4.98 Å². The van der Waals surface area contributed by atoms with Gasteiger partial charge in [-0.25, -0.2) is 9.37 Å². The van der Waals surface area contributed by atoms with Gasteiger partial charge in [0.05, 0.1) is 5.02 Å². The molecule has 0 radical (unpaired) electrons. The van der Waals surface area contributed by atoms with Gasteiger partial charge in [0.1, 0.15) is 0 Å². The lowest BCUT2D eigenvalue weighted by atomic mass is 10.4. The van der Waals surface area contributed by atoms with E-state index in [2.05, 4.69) is 10.3 Å². The fraction of sp³-hybridized carbons (Fsp3) is 0.500. The maximum absolute atomic E-state index is 13.2. The van der Waals surface area contributed by atoms with Gasteiger partial charge in [-0.15, -0.1) is 0 Å². The van der Waals surface area contributed by atoms with Crippen molar-refractivity contribution >= 4 is 17.4 Å². The molecule has 0 bridgehead atoms.